The molecule has 1 aromatic rings. The second-order valence-electron chi connectivity index (χ2n) is 4.88. The molecular weight excluding hydrogens is 202 g/mol. The van der Waals surface area contributed by atoms with Crippen molar-refractivity contribution in [2.24, 2.45) is 7.05 Å². The molecule has 0 saturated carbocycles. The molecule has 4 heteroatoms. The van der Waals surface area contributed by atoms with Gasteiger partial charge in [-0.15, -0.1) is 0 Å². The number of aromatic nitrogens is 2. The third-order valence-electron chi connectivity index (χ3n) is 2.56. The van der Waals surface area contributed by atoms with E-state index >= 15 is 0 Å². The van der Waals surface area contributed by atoms with Crippen molar-refractivity contribution in [3.05, 3.63) is 17.5 Å². The largest absolute Gasteiger partial charge is 0.346 e. The highest BCUT2D eigenvalue weighted by Crippen LogP contribution is 2.12. The van der Waals surface area contributed by atoms with Gasteiger partial charge in [0.25, 0.3) is 5.91 Å². The minimum absolute atomic E-state index is 0.0541. The molecule has 1 N–H and O–H groups in total. The molecule has 0 aromatic carbocycles. The first-order valence-electron chi connectivity index (χ1n) is 5.69. The van der Waals surface area contributed by atoms with Crippen LogP contribution in [0, 0.1) is 6.92 Å². The Labute approximate surface area is 97.0 Å². The number of hydrogen-bond acceptors (Lipinski definition) is 2. The highest BCUT2D eigenvalue weighted by Gasteiger charge is 2.21. The average molecular weight is 223 g/mol. The molecule has 0 aliphatic rings. The molecular formula is C12H21N3O. The predicted molar refractivity (Wildman–Crippen MR) is 64.4 cm³/mol. The van der Waals surface area contributed by atoms with E-state index in [1.807, 2.05) is 20.8 Å². The van der Waals surface area contributed by atoms with Crippen LogP contribution in [0.2, 0.25) is 0 Å². The Morgan fingerprint density at radius 1 is 1.56 bits per heavy atom. The van der Waals surface area contributed by atoms with Crippen molar-refractivity contribution in [3.63, 3.8) is 0 Å². The van der Waals surface area contributed by atoms with E-state index in [1.54, 1.807) is 17.8 Å². The molecule has 1 aromatic heterocycles. The number of amides is 1. The Kier molecular flexibility index (Phi) is 3.73. The van der Waals surface area contributed by atoms with Gasteiger partial charge in [-0.05, 0) is 33.3 Å². The van der Waals surface area contributed by atoms with Crippen molar-refractivity contribution in [3.8, 4) is 0 Å². The third-order valence-corrected chi connectivity index (χ3v) is 2.56. The monoisotopic (exact) mass is 223 g/mol. The summed E-state index contributed by atoms with van der Waals surface area (Å²) >= 11 is 0. The van der Waals surface area contributed by atoms with Crippen LogP contribution in [0.1, 0.15) is 49.8 Å². The first-order chi connectivity index (χ1) is 7.35. The van der Waals surface area contributed by atoms with E-state index in [2.05, 4.69) is 17.3 Å². The Morgan fingerprint density at radius 2 is 2.19 bits per heavy atom. The van der Waals surface area contributed by atoms with Gasteiger partial charge in [0, 0.05) is 12.6 Å². The molecule has 0 bridgehead atoms. The van der Waals surface area contributed by atoms with Crippen molar-refractivity contribution in [1.82, 2.24) is 15.1 Å². The van der Waals surface area contributed by atoms with Gasteiger partial charge in [0.15, 0.2) is 0 Å². The summed E-state index contributed by atoms with van der Waals surface area (Å²) in [5, 5.41) is 7.19. The molecule has 1 rings (SSSR count). The van der Waals surface area contributed by atoms with E-state index < -0.39 is 0 Å². The summed E-state index contributed by atoms with van der Waals surface area (Å²) in [5.74, 6) is -0.0541. The van der Waals surface area contributed by atoms with E-state index in [4.69, 9.17) is 0 Å². The lowest BCUT2D eigenvalue weighted by molar-refractivity contribution is 0.0899. The van der Waals surface area contributed by atoms with E-state index in [0.717, 1.165) is 18.5 Å². The summed E-state index contributed by atoms with van der Waals surface area (Å²) in [6.07, 6.45) is 2.02. The van der Waals surface area contributed by atoms with Gasteiger partial charge < -0.3 is 5.32 Å². The summed E-state index contributed by atoms with van der Waals surface area (Å²) in [4.78, 5) is 12.0. The van der Waals surface area contributed by atoms with Crippen LogP contribution < -0.4 is 5.32 Å². The zero-order valence-corrected chi connectivity index (χ0v) is 10.8. The molecule has 16 heavy (non-hydrogen) atoms. The zero-order chi connectivity index (χ0) is 12.3. The minimum atomic E-state index is -0.163. The van der Waals surface area contributed by atoms with E-state index in [9.17, 15) is 4.79 Å². The molecule has 0 aliphatic heterocycles. The maximum absolute atomic E-state index is 12.0. The fourth-order valence-corrected chi connectivity index (χ4v) is 1.88. The molecule has 1 heterocycles. The van der Waals surface area contributed by atoms with Crippen LogP contribution >= 0.6 is 0 Å². The lowest BCUT2D eigenvalue weighted by Crippen LogP contribution is -2.43. The quantitative estimate of drug-likeness (QED) is 0.849. The second-order valence-corrected chi connectivity index (χ2v) is 4.88. The summed E-state index contributed by atoms with van der Waals surface area (Å²) in [5.41, 5.74) is 1.31. The normalized spacial score (nSPS) is 11.6. The molecule has 0 atom stereocenters. The number of carbonyl (C=O) groups is 1. The number of carbonyl (C=O) groups excluding carboxylic acids is 1. The van der Waals surface area contributed by atoms with E-state index in [0.29, 0.717) is 5.69 Å². The molecule has 0 saturated heterocycles. The predicted octanol–water partition coefficient (Wildman–Crippen LogP) is 2.04. The fraction of sp³-hybridized carbons (Fsp3) is 0.667. The van der Waals surface area contributed by atoms with Crippen LogP contribution in [-0.2, 0) is 7.05 Å². The van der Waals surface area contributed by atoms with Crippen molar-refractivity contribution < 1.29 is 4.79 Å². The lowest BCUT2D eigenvalue weighted by Gasteiger charge is -2.25. The molecule has 0 radical (unpaired) electrons. The molecule has 4 nitrogen and oxygen atoms in total. The number of nitrogens with zero attached hydrogens (tertiary/aromatic N) is 2. The van der Waals surface area contributed by atoms with Crippen LogP contribution in [0.4, 0.5) is 0 Å². The maximum atomic E-state index is 12.0. The van der Waals surface area contributed by atoms with Gasteiger partial charge in [0.1, 0.15) is 5.69 Å². The van der Waals surface area contributed by atoms with Crippen molar-refractivity contribution in [2.45, 2.75) is 46.1 Å². The molecule has 1 amide bonds. The van der Waals surface area contributed by atoms with Crippen LogP contribution in [-0.4, -0.2) is 21.2 Å². The zero-order valence-electron chi connectivity index (χ0n) is 10.8. The molecule has 90 valence electrons. The van der Waals surface area contributed by atoms with Gasteiger partial charge in [-0.1, -0.05) is 13.3 Å². The van der Waals surface area contributed by atoms with Crippen LogP contribution in [0.25, 0.3) is 0 Å². The SMILES string of the molecule is CCCC(C)(C)NC(=O)c1cc(C)nn1C. The Bertz CT molecular complexity index is 380. The number of aryl methyl sites for hydroxylation is 2. The van der Waals surface area contributed by atoms with Crippen molar-refractivity contribution in [1.29, 1.82) is 0 Å². The lowest BCUT2D eigenvalue weighted by atomic mass is 9.99. The minimum Gasteiger partial charge on any atom is -0.346 e. The second kappa shape index (κ2) is 4.68. The molecule has 0 aliphatic carbocycles. The summed E-state index contributed by atoms with van der Waals surface area (Å²) in [7, 11) is 1.79. The van der Waals surface area contributed by atoms with Gasteiger partial charge in [-0.25, -0.2) is 0 Å². The molecule has 0 unspecified atom stereocenters. The maximum Gasteiger partial charge on any atom is 0.269 e. The Hall–Kier alpha value is -1.32. The van der Waals surface area contributed by atoms with Gasteiger partial charge in [0.05, 0.1) is 5.69 Å². The van der Waals surface area contributed by atoms with Gasteiger partial charge in [-0.2, -0.15) is 5.10 Å². The van der Waals surface area contributed by atoms with Crippen LogP contribution in [0.15, 0.2) is 6.07 Å². The number of rotatable bonds is 4. The van der Waals surface area contributed by atoms with Crippen LogP contribution in [0.3, 0.4) is 0 Å². The standard InChI is InChI=1S/C12H21N3O/c1-6-7-12(3,4)13-11(16)10-8-9(2)14-15(10)5/h8H,6-7H2,1-5H3,(H,13,16). The molecule has 0 fully saturated rings. The van der Waals surface area contributed by atoms with Gasteiger partial charge in [0.2, 0.25) is 0 Å². The first kappa shape index (κ1) is 12.7. The summed E-state index contributed by atoms with van der Waals surface area (Å²) < 4.78 is 1.62. The molecule has 0 spiro atoms. The Balaban J connectivity index is 2.76. The summed E-state index contributed by atoms with van der Waals surface area (Å²) in [6.45, 7) is 8.07. The van der Waals surface area contributed by atoms with Gasteiger partial charge >= 0.3 is 0 Å². The highest BCUT2D eigenvalue weighted by molar-refractivity contribution is 5.93. The Morgan fingerprint density at radius 3 is 2.62 bits per heavy atom. The first-order valence-corrected chi connectivity index (χ1v) is 5.69. The third kappa shape index (κ3) is 3.08. The number of nitrogens with one attached hydrogen (secondary N) is 1. The highest BCUT2D eigenvalue weighted by atomic mass is 16.2. The smallest absolute Gasteiger partial charge is 0.269 e. The van der Waals surface area contributed by atoms with Crippen LogP contribution in [0.5, 0.6) is 0 Å². The summed E-state index contributed by atoms with van der Waals surface area (Å²) in [6, 6.07) is 1.80. The fourth-order valence-electron chi connectivity index (χ4n) is 1.88. The number of hydrogen-bond donors (Lipinski definition) is 1. The average Bonchev–Trinajstić information content (AvgIpc) is 2.44. The topological polar surface area (TPSA) is 46.9 Å². The van der Waals surface area contributed by atoms with E-state index in [1.165, 1.54) is 0 Å². The van der Waals surface area contributed by atoms with Crippen molar-refractivity contribution >= 4 is 5.91 Å². The van der Waals surface area contributed by atoms with Gasteiger partial charge in [-0.3, -0.25) is 9.48 Å². The van der Waals surface area contributed by atoms with E-state index in [-0.39, 0.29) is 11.4 Å². The van der Waals surface area contributed by atoms with Crippen molar-refractivity contribution in [2.75, 3.05) is 0 Å².